The van der Waals surface area contributed by atoms with Crippen molar-refractivity contribution in [1.82, 2.24) is 10.2 Å². The average Bonchev–Trinajstić information content (AvgIpc) is 2.77. The number of carbonyl (C=O) groups is 2. The van der Waals surface area contributed by atoms with E-state index in [1.54, 1.807) is 17.0 Å². The van der Waals surface area contributed by atoms with Gasteiger partial charge in [0.25, 0.3) is 0 Å². The van der Waals surface area contributed by atoms with Crippen LogP contribution in [0.25, 0.3) is 0 Å². The van der Waals surface area contributed by atoms with Crippen LogP contribution in [0.5, 0.6) is 0 Å². The van der Waals surface area contributed by atoms with Gasteiger partial charge in [0, 0.05) is 19.5 Å². The molecule has 2 aromatic carbocycles. The number of aryl methyl sites for hydroxylation is 2. The van der Waals surface area contributed by atoms with Crippen molar-refractivity contribution in [2.75, 3.05) is 6.54 Å². The number of nitrogens with one attached hydrogen (secondary N) is 1. The van der Waals surface area contributed by atoms with Crippen molar-refractivity contribution >= 4 is 11.8 Å². The van der Waals surface area contributed by atoms with Gasteiger partial charge in [0.15, 0.2) is 0 Å². The van der Waals surface area contributed by atoms with Crippen molar-refractivity contribution in [2.45, 2.75) is 65.5 Å². The van der Waals surface area contributed by atoms with Crippen LogP contribution in [-0.2, 0) is 29.0 Å². The lowest BCUT2D eigenvalue weighted by molar-refractivity contribution is -0.141. The predicted octanol–water partition coefficient (Wildman–Crippen LogP) is 4.65. The molecule has 1 N–H and O–H groups in total. The molecule has 0 aliphatic heterocycles. The SMILES string of the molecule is CCCNC(=O)[C@H](CC)N(Cc1ccc(F)cc1)C(=O)CCc1ccc(CC)cc1. The molecule has 0 aliphatic carbocycles. The second kappa shape index (κ2) is 12.1. The van der Waals surface area contributed by atoms with E-state index in [-0.39, 0.29) is 24.2 Å². The van der Waals surface area contributed by atoms with E-state index in [2.05, 4.69) is 36.5 Å². The lowest BCUT2D eigenvalue weighted by Crippen LogP contribution is -2.49. The van der Waals surface area contributed by atoms with Gasteiger partial charge in [0.1, 0.15) is 11.9 Å². The maximum Gasteiger partial charge on any atom is 0.242 e. The Hall–Kier alpha value is -2.69. The minimum absolute atomic E-state index is 0.0719. The highest BCUT2D eigenvalue weighted by Crippen LogP contribution is 2.16. The topological polar surface area (TPSA) is 49.4 Å². The van der Waals surface area contributed by atoms with Crippen LogP contribution in [0.2, 0.25) is 0 Å². The van der Waals surface area contributed by atoms with Gasteiger partial charge in [0.05, 0.1) is 0 Å². The summed E-state index contributed by atoms with van der Waals surface area (Å²) >= 11 is 0. The Balaban J connectivity index is 2.15. The van der Waals surface area contributed by atoms with E-state index in [4.69, 9.17) is 0 Å². The highest BCUT2D eigenvalue weighted by Gasteiger charge is 2.28. The molecule has 0 bridgehead atoms. The van der Waals surface area contributed by atoms with Crippen molar-refractivity contribution in [3.05, 3.63) is 71.0 Å². The number of carbonyl (C=O) groups excluding carboxylic acids is 2. The number of benzene rings is 2. The normalized spacial score (nSPS) is 11.7. The van der Waals surface area contributed by atoms with E-state index in [1.807, 2.05) is 13.8 Å². The molecule has 0 saturated heterocycles. The number of nitrogens with zero attached hydrogens (tertiary/aromatic N) is 1. The molecular formula is C25H33FN2O2. The molecule has 30 heavy (non-hydrogen) atoms. The number of rotatable bonds is 11. The van der Waals surface area contributed by atoms with Crippen molar-refractivity contribution in [2.24, 2.45) is 0 Å². The lowest BCUT2D eigenvalue weighted by Gasteiger charge is -2.30. The standard InChI is InChI=1S/C25H33FN2O2/c1-4-17-27-25(30)23(6-3)28(18-21-11-14-22(26)15-12-21)24(29)16-13-20-9-7-19(5-2)8-10-20/h7-12,14-15,23H,4-6,13,16-18H2,1-3H3,(H,27,30)/t23-/m0/s1. The van der Waals surface area contributed by atoms with Gasteiger partial charge in [-0.05, 0) is 54.5 Å². The smallest absolute Gasteiger partial charge is 0.242 e. The van der Waals surface area contributed by atoms with Crippen molar-refractivity contribution in [3.8, 4) is 0 Å². The third-order valence-electron chi connectivity index (χ3n) is 5.26. The first-order valence-electron chi connectivity index (χ1n) is 10.9. The summed E-state index contributed by atoms with van der Waals surface area (Å²) < 4.78 is 13.3. The summed E-state index contributed by atoms with van der Waals surface area (Å²) in [5, 5.41) is 2.91. The Kier molecular flexibility index (Phi) is 9.52. The Labute approximate surface area is 179 Å². The zero-order chi connectivity index (χ0) is 21.9. The molecule has 2 aromatic rings. The Bertz CT molecular complexity index is 803. The molecule has 4 nitrogen and oxygen atoms in total. The van der Waals surface area contributed by atoms with E-state index in [0.29, 0.717) is 25.8 Å². The summed E-state index contributed by atoms with van der Waals surface area (Å²) in [6, 6.07) is 13.8. The first kappa shape index (κ1) is 23.6. The zero-order valence-electron chi connectivity index (χ0n) is 18.3. The minimum Gasteiger partial charge on any atom is -0.354 e. The Morgan fingerprint density at radius 2 is 1.53 bits per heavy atom. The van der Waals surface area contributed by atoms with Crippen LogP contribution in [-0.4, -0.2) is 29.3 Å². The molecule has 2 amide bonds. The molecule has 0 aliphatic rings. The van der Waals surface area contributed by atoms with Gasteiger partial charge in [0.2, 0.25) is 11.8 Å². The average molecular weight is 413 g/mol. The maximum atomic E-state index is 13.3. The summed E-state index contributed by atoms with van der Waals surface area (Å²) in [5.74, 6) is -0.528. The van der Waals surface area contributed by atoms with Crippen LogP contribution < -0.4 is 5.32 Å². The van der Waals surface area contributed by atoms with Gasteiger partial charge in [-0.25, -0.2) is 4.39 Å². The molecule has 2 rings (SSSR count). The fraction of sp³-hybridized carbons (Fsp3) is 0.440. The second-order valence-corrected chi connectivity index (χ2v) is 7.53. The predicted molar refractivity (Wildman–Crippen MR) is 118 cm³/mol. The monoisotopic (exact) mass is 412 g/mol. The fourth-order valence-electron chi connectivity index (χ4n) is 3.41. The van der Waals surface area contributed by atoms with E-state index in [0.717, 1.165) is 24.0 Å². The van der Waals surface area contributed by atoms with E-state index < -0.39 is 6.04 Å². The van der Waals surface area contributed by atoms with Crippen molar-refractivity contribution in [3.63, 3.8) is 0 Å². The second-order valence-electron chi connectivity index (χ2n) is 7.53. The minimum atomic E-state index is -0.545. The van der Waals surface area contributed by atoms with Crippen LogP contribution in [0.1, 0.15) is 56.7 Å². The summed E-state index contributed by atoms with van der Waals surface area (Å²) in [6.07, 6.45) is 3.28. The fourth-order valence-corrected chi connectivity index (χ4v) is 3.41. The molecule has 0 unspecified atom stereocenters. The quantitative estimate of drug-likeness (QED) is 0.584. The third-order valence-corrected chi connectivity index (χ3v) is 5.26. The van der Waals surface area contributed by atoms with E-state index >= 15 is 0 Å². The highest BCUT2D eigenvalue weighted by molar-refractivity contribution is 5.87. The highest BCUT2D eigenvalue weighted by atomic mass is 19.1. The van der Waals surface area contributed by atoms with Crippen LogP contribution in [0.15, 0.2) is 48.5 Å². The van der Waals surface area contributed by atoms with Crippen LogP contribution >= 0.6 is 0 Å². The molecule has 0 radical (unpaired) electrons. The Morgan fingerprint density at radius 3 is 2.10 bits per heavy atom. The number of halogens is 1. The summed E-state index contributed by atoms with van der Waals surface area (Å²) in [4.78, 5) is 27.5. The number of hydrogen-bond acceptors (Lipinski definition) is 2. The van der Waals surface area contributed by atoms with E-state index in [9.17, 15) is 14.0 Å². The number of hydrogen-bond donors (Lipinski definition) is 1. The molecular weight excluding hydrogens is 379 g/mol. The van der Waals surface area contributed by atoms with Gasteiger partial charge in [-0.2, -0.15) is 0 Å². The summed E-state index contributed by atoms with van der Waals surface area (Å²) in [7, 11) is 0. The molecule has 162 valence electrons. The molecule has 0 heterocycles. The first-order valence-corrected chi connectivity index (χ1v) is 10.9. The molecule has 0 spiro atoms. The van der Waals surface area contributed by atoms with Gasteiger partial charge in [-0.1, -0.05) is 57.2 Å². The third kappa shape index (κ3) is 6.97. The molecule has 0 fully saturated rings. The van der Waals surface area contributed by atoms with Gasteiger partial charge >= 0.3 is 0 Å². The van der Waals surface area contributed by atoms with Gasteiger partial charge in [-0.3, -0.25) is 9.59 Å². The Morgan fingerprint density at radius 1 is 0.933 bits per heavy atom. The van der Waals surface area contributed by atoms with Crippen LogP contribution in [0.3, 0.4) is 0 Å². The maximum absolute atomic E-state index is 13.3. The lowest BCUT2D eigenvalue weighted by atomic mass is 10.0. The van der Waals surface area contributed by atoms with Crippen molar-refractivity contribution < 1.29 is 14.0 Å². The number of amides is 2. The largest absolute Gasteiger partial charge is 0.354 e. The molecule has 0 saturated carbocycles. The van der Waals surface area contributed by atoms with Crippen LogP contribution in [0.4, 0.5) is 4.39 Å². The first-order chi connectivity index (χ1) is 14.5. The molecule has 0 aromatic heterocycles. The van der Waals surface area contributed by atoms with Crippen LogP contribution in [0, 0.1) is 5.82 Å². The molecule has 1 atom stereocenters. The summed E-state index contributed by atoms with van der Waals surface area (Å²) in [6.45, 7) is 6.88. The van der Waals surface area contributed by atoms with Gasteiger partial charge < -0.3 is 10.2 Å². The summed E-state index contributed by atoms with van der Waals surface area (Å²) in [5.41, 5.74) is 3.17. The zero-order valence-corrected chi connectivity index (χ0v) is 18.3. The molecule has 5 heteroatoms. The van der Waals surface area contributed by atoms with Gasteiger partial charge in [-0.15, -0.1) is 0 Å². The van der Waals surface area contributed by atoms with E-state index in [1.165, 1.54) is 17.7 Å². The van der Waals surface area contributed by atoms with Crippen molar-refractivity contribution in [1.29, 1.82) is 0 Å².